The summed E-state index contributed by atoms with van der Waals surface area (Å²) in [4.78, 5) is 19.6. The molecule has 1 aliphatic rings. The molecule has 0 fully saturated rings. The first kappa shape index (κ1) is 9.47. The van der Waals surface area contributed by atoms with Crippen LogP contribution < -0.4 is 5.32 Å². The van der Waals surface area contributed by atoms with E-state index >= 15 is 0 Å². The Bertz CT molecular complexity index is 575. The smallest absolute Gasteiger partial charge is 0.250 e. The summed E-state index contributed by atoms with van der Waals surface area (Å²) in [5.41, 5.74) is 3.96. The predicted molar refractivity (Wildman–Crippen MR) is 63.7 cm³/mol. The van der Waals surface area contributed by atoms with Crippen LogP contribution in [0.25, 0.3) is 10.2 Å². The maximum absolute atomic E-state index is 11.3. The largest absolute Gasteiger partial charge is 0.315 e. The minimum absolute atomic E-state index is 0.0237. The molecular weight excluding hydrogens is 222 g/mol. The van der Waals surface area contributed by atoms with Crippen molar-refractivity contribution in [3.05, 3.63) is 29.3 Å². The molecule has 2 aromatic rings. The van der Waals surface area contributed by atoms with Gasteiger partial charge in [-0.15, -0.1) is 11.3 Å². The monoisotopic (exact) mass is 231 g/mol. The molecule has 0 bridgehead atoms. The number of amides is 1. The van der Waals surface area contributed by atoms with E-state index in [4.69, 9.17) is 0 Å². The number of nitrogens with zero attached hydrogens (tertiary/aromatic N) is 2. The minimum atomic E-state index is -0.273. The molecule has 0 radical (unpaired) electrons. The molecule has 1 atom stereocenters. The lowest BCUT2D eigenvalue weighted by molar-refractivity contribution is -0.120. The topological polar surface area (TPSA) is 54.4 Å². The third-order valence-electron chi connectivity index (χ3n) is 2.59. The van der Waals surface area contributed by atoms with Gasteiger partial charge in [0.15, 0.2) is 0 Å². The van der Waals surface area contributed by atoms with Crippen molar-refractivity contribution in [3.63, 3.8) is 0 Å². The number of hydrogen-bond acceptors (Lipinski definition) is 4. The van der Waals surface area contributed by atoms with Crippen molar-refractivity contribution in [1.82, 2.24) is 10.3 Å². The number of aromatic nitrogens is 1. The van der Waals surface area contributed by atoms with E-state index in [0.717, 1.165) is 15.8 Å². The van der Waals surface area contributed by atoms with Gasteiger partial charge in [0.25, 0.3) is 0 Å². The van der Waals surface area contributed by atoms with Crippen LogP contribution >= 0.6 is 11.3 Å². The summed E-state index contributed by atoms with van der Waals surface area (Å²) >= 11 is 1.61. The van der Waals surface area contributed by atoms with Gasteiger partial charge in [-0.1, -0.05) is 6.07 Å². The first-order chi connectivity index (χ1) is 7.83. The fourth-order valence-corrected chi connectivity index (χ4v) is 2.49. The van der Waals surface area contributed by atoms with E-state index in [0.29, 0.717) is 6.42 Å². The second-order valence-electron chi connectivity index (χ2n) is 3.66. The highest BCUT2D eigenvalue weighted by Gasteiger charge is 2.20. The summed E-state index contributed by atoms with van der Waals surface area (Å²) in [7, 11) is 0. The van der Waals surface area contributed by atoms with Crippen LogP contribution in [0.15, 0.2) is 28.7 Å². The summed E-state index contributed by atoms with van der Waals surface area (Å²) in [5, 5.41) is 2.58. The quantitative estimate of drug-likeness (QED) is 0.848. The molecule has 1 N–H and O–H groups in total. The Kier molecular flexibility index (Phi) is 2.18. The summed E-state index contributed by atoms with van der Waals surface area (Å²) in [5.74, 6) is -0.0237. The first-order valence-electron chi connectivity index (χ1n) is 4.97. The third kappa shape index (κ3) is 1.59. The molecule has 1 aromatic carbocycles. The van der Waals surface area contributed by atoms with E-state index in [9.17, 15) is 4.79 Å². The van der Waals surface area contributed by atoms with Gasteiger partial charge in [0.2, 0.25) is 5.91 Å². The number of hydrogen-bond donors (Lipinski definition) is 1. The third-order valence-corrected chi connectivity index (χ3v) is 3.38. The zero-order valence-corrected chi connectivity index (χ0v) is 9.20. The van der Waals surface area contributed by atoms with Crippen molar-refractivity contribution in [2.75, 3.05) is 0 Å². The second kappa shape index (κ2) is 3.68. The zero-order chi connectivity index (χ0) is 11.0. The minimum Gasteiger partial charge on any atom is -0.315 e. The average molecular weight is 231 g/mol. The van der Waals surface area contributed by atoms with Gasteiger partial charge in [0, 0.05) is 6.42 Å². The van der Waals surface area contributed by atoms with Crippen molar-refractivity contribution < 1.29 is 4.79 Å². The predicted octanol–water partition coefficient (Wildman–Crippen LogP) is 1.37. The molecule has 1 amide bonds. The molecule has 1 unspecified atom stereocenters. The molecule has 1 aromatic heterocycles. The van der Waals surface area contributed by atoms with Gasteiger partial charge in [-0.25, -0.2) is 4.98 Å². The highest BCUT2D eigenvalue weighted by Crippen LogP contribution is 2.20. The van der Waals surface area contributed by atoms with Crippen LogP contribution in [0.2, 0.25) is 0 Å². The maximum atomic E-state index is 11.3. The molecule has 1 aliphatic heterocycles. The van der Waals surface area contributed by atoms with Crippen LogP contribution in [0.4, 0.5) is 0 Å². The number of carbonyl (C=O) groups is 1. The van der Waals surface area contributed by atoms with E-state index in [1.165, 1.54) is 6.34 Å². The maximum Gasteiger partial charge on any atom is 0.250 e. The summed E-state index contributed by atoms with van der Waals surface area (Å²) in [6, 6.07) is 5.79. The SMILES string of the molecule is O=C1NC=NC1Cc1ccc2ncsc2c1. The van der Waals surface area contributed by atoms with Crippen LogP contribution in [0.5, 0.6) is 0 Å². The lowest BCUT2D eigenvalue weighted by Crippen LogP contribution is -2.26. The van der Waals surface area contributed by atoms with Crippen molar-refractivity contribution in [2.24, 2.45) is 4.99 Å². The molecule has 0 saturated heterocycles. The van der Waals surface area contributed by atoms with E-state index in [1.54, 1.807) is 11.3 Å². The van der Waals surface area contributed by atoms with E-state index in [1.807, 2.05) is 17.6 Å². The normalized spacial score (nSPS) is 19.2. The van der Waals surface area contributed by atoms with Crippen LogP contribution in [-0.4, -0.2) is 23.3 Å². The first-order valence-corrected chi connectivity index (χ1v) is 5.85. The molecule has 0 aliphatic carbocycles. The van der Waals surface area contributed by atoms with Gasteiger partial charge in [-0.3, -0.25) is 9.79 Å². The van der Waals surface area contributed by atoms with Gasteiger partial charge in [0.05, 0.1) is 22.1 Å². The molecular formula is C11H9N3OS. The Labute approximate surface area is 96.0 Å². The summed E-state index contributed by atoms with van der Waals surface area (Å²) < 4.78 is 1.15. The van der Waals surface area contributed by atoms with Crippen molar-refractivity contribution in [2.45, 2.75) is 12.5 Å². The Balaban J connectivity index is 1.88. The van der Waals surface area contributed by atoms with Crippen molar-refractivity contribution >= 4 is 33.8 Å². The van der Waals surface area contributed by atoms with E-state index < -0.39 is 0 Å². The Morgan fingerprint density at radius 1 is 1.44 bits per heavy atom. The number of fused-ring (bicyclic) bond motifs is 1. The average Bonchev–Trinajstić information content (AvgIpc) is 2.88. The van der Waals surface area contributed by atoms with E-state index in [2.05, 4.69) is 21.4 Å². The zero-order valence-electron chi connectivity index (χ0n) is 8.38. The van der Waals surface area contributed by atoms with Gasteiger partial charge in [-0.2, -0.15) is 0 Å². The lowest BCUT2D eigenvalue weighted by Gasteiger charge is -2.04. The number of nitrogens with one attached hydrogen (secondary N) is 1. The molecule has 4 nitrogen and oxygen atoms in total. The van der Waals surface area contributed by atoms with Crippen molar-refractivity contribution in [3.8, 4) is 0 Å². The Morgan fingerprint density at radius 3 is 3.19 bits per heavy atom. The van der Waals surface area contributed by atoms with E-state index in [-0.39, 0.29) is 11.9 Å². The molecule has 80 valence electrons. The molecule has 0 saturated carbocycles. The van der Waals surface area contributed by atoms with Crippen LogP contribution in [0, 0.1) is 0 Å². The van der Waals surface area contributed by atoms with Crippen LogP contribution in [0.3, 0.4) is 0 Å². The van der Waals surface area contributed by atoms with Crippen molar-refractivity contribution in [1.29, 1.82) is 0 Å². The van der Waals surface area contributed by atoms with Crippen LogP contribution in [-0.2, 0) is 11.2 Å². The molecule has 16 heavy (non-hydrogen) atoms. The lowest BCUT2D eigenvalue weighted by atomic mass is 10.1. The van der Waals surface area contributed by atoms with Gasteiger partial charge in [-0.05, 0) is 17.7 Å². The Hall–Kier alpha value is -1.75. The number of rotatable bonds is 2. The molecule has 5 heteroatoms. The summed E-state index contributed by atoms with van der Waals surface area (Å²) in [6.45, 7) is 0. The number of carbonyl (C=O) groups excluding carboxylic acids is 1. The van der Waals surface area contributed by atoms with Gasteiger partial charge >= 0.3 is 0 Å². The number of benzene rings is 1. The molecule has 2 heterocycles. The molecule has 3 rings (SSSR count). The van der Waals surface area contributed by atoms with Gasteiger partial charge < -0.3 is 5.32 Å². The fourth-order valence-electron chi connectivity index (χ4n) is 1.75. The highest BCUT2D eigenvalue weighted by atomic mass is 32.1. The number of aliphatic imine (C=N–C) groups is 1. The molecule has 0 spiro atoms. The highest BCUT2D eigenvalue weighted by molar-refractivity contribution is 7.16. The number of thiazole rings is 1. The fraction of sp³-hybridized carbons (Fsp3) is 0.182. The van der Waals surface area contributed by atoms with Gasteiger partial charge in [0.1, 0.15) is 6.04 Å². The second-order valence-corrected chi connectivity index (χ2v) is 4.55. The standard InChI is InChI=1S/C11H9N3OS/c15-11-9(12-5-13-11)3-7-1-2-8-10(4-7)16-6-14-8/h1-2,4-6,9H,3H2,(H,12,13,15). The summed E-state index contributed by atoms with van der Waals surface area (Å²) in [6.07, 6.45) is 2.12. The van der Waals surface area contributed by atoms with Crippen LogP contribution in [0.1, 0.15) is 5.56 Å². The Morgan fingerprint density at radius 2 is 2.38 bits per heavy atom.